The molecule has 0 spiro atoms. The molecule has 1 saturated heterocycles. The maximum atomic E-state index is 12.3. The Hall–Kier alpha value is -1.59. The molecule has 3 N–H and O–H groups in total. The van der Waals surface area contributed by atoms with Gasteiger partial charge < -0.3 is 10.6 Å². The largest absolute Gasteiger partial charge is 0.353 e. The predicted molar refractivity (Wildman–Crippen MR) is 87.9 cm³/mol. The molecule has 0 unspecified atom stereocenters. The van der Waals surface area contributed by atoms with Crippen molar-refractivity contribution < 1.29 is 14.4 Å². The zero-order valence-corrected chi connectivity index (χ0v) is 14.3. The average Bonchev–Trinajstić information content (AvgIpc) is 2.81. The van der Waals surface area contributed by atoms with Crippen LogP contribution in [0.15, 0.2) is 0 Å². The number of urea groups is 1. The molecule has 5 rings (SSSR count). The molecule has 1 heterocycles. The average molecular weight is 333 g/mol. The Morgan fingerprint density at radius 2 is 1.75 bits per heavy atom. The summed E-state index contributed by atoms with van der Waals surface area (Å²) in [6, 6.07) is -0.837. The normalized spacial score (nSPS) is 41.0. The summed E-state index contributed by atoms with van der Waals surface area (Å²) < 4.78 is 0. The molecule has 4 amide bonds. The molecule has 5 aliphatic rings. The fraction of sp³-hybridized carbons (Fsp3) is 0.833. The maximum absolute atomic E-state index is 12.3. The minimum Gasteiger partial charge on any atom is -0.353 e. The van der Waals surface area contributed by atoms with E-state index in [4.69, 9.17) is 0 Å². The number of hydrogen-bond donors (Lipinski definition) is 3. The second-order valence-corrected chi connectivity index (χ2v) is 8.62. The summed E-state index contributed by atoms with van der Waals surface area (Å²) in [4.78, 5) is 35.0. The van der Waals surface area contributed by atoms with E-state index in [-0.39, 0.29) is 24.3 Å². The molecule has 6 heteroatoms. The lowest BCUT2D eigenvalue weighted by atomic mass is 9.48. The predicted octanol–water partition coefficient (Wildman–Crippen LogP) is 1.70. The molecule has 0 aromatic rings. The lowest BCUT2D eigenvalue weighted by Gasteiger charge is -2.59. The zero-order chi connectivity index (χ0) is 16.9. The van der Waals surface area contributed by atoms with Crippen LogP contribution < -0.4 is 16.0 Å². The third-order valence-corrected chi connectivity index (χ3v) is 6.90. The number of carbonyl (C=O) groups is 3. The number of hydrogen-bond acceptors (Lipinski definition) is 3. The van der Waals surface area contributed by atoms with Gasteiger partial charge in [0.1, 0.15) is 6.04 Å². The van der Waals surface area contributed by atoms with Gasteiger partial charge in [-0.15, -0.1) is 0 Å². The highest BCUT2D eigenvalue weighted by Crippen LogP contribution is 2.61. The van der Waals surface area contributed by atoms with Crippen LogP contribution in [0.3, 0.4) is 0 Å². The van der Waals surface area contributed by atoms with Crippen molar-refractivity contribution in [3.8, 4) is 0 Å². The fourth-order valence-corrected chi connectivity index (χ4v) is 6.11. The molecule has 24 heavy (non-hydrogen) atoms. The van der Waals surface area contributed by atoms with E-state index in [1.165, 1.54) is 38.5 Å². The van der Waals surface area contributed by atoms with Crippen molar-refractivity contribution in [2.24, 2.45) is 23.2 Å². The monoisotopic (exact) mass is 333 g/mol. The van der Waals surface area contributed by atoms with E-state index in [0.717, 1.165) is 17.8 Å². The van der Waals surface area contributed by atoms with E-state index in [2.05, 4.69) is 22.9 Å². The minimum absolute atomic E-state index is 0.00723. The number of carbonyl (C=O) groups excluding carboxylic acids is 3. The Kier molecular flexibility index (Phi) is 3.81. The number of imide groups is 1. The van der Waals surface area contributed by atoms with Crippen LogP contribution >= 0.6 is 0 Å². The Bertz CT molecular complexity index is 539. The van der Waals surface area contributed by atoms with Crippen LogP contribution in [-0.4, -0.2) is 29.9 Å². The Balaban J connectivity index is 1.31. The number of rotatable bonds is 5. The van der Waals surface area contributed by atoms with E-state index >= 15 is 0 Å². The summed E-state index contributed by atoms with van der Waals surface area (Å²) in [6.07, 6.45) is 8.62. The minimum atomic E-state index is -0.571. The highest BCUT2D eigenvalue weighted by atomic mass is 16.2. The zero-order valence-electron chi connectivity index (χ0n) is 14.3. The first kappa shape index (κ1) is 15.9. The Labute approximate surface area is 142 Å². The van der Waals surface area contributed by atoms with Gasteiger partial charge in [-0.05, 0) is 75.0 Å². The van der Waals surface area contributed by atoms with Crippen LogP contribution in [0.25, 0.3) is 0 Å². The van der Waals surface area contributed by atoms with Crippen LogP contribution in [0.1, 0.15) is 58.3 Å². The van der Waals surface area contributed by atoms with E-state index in [9.17, 15) is 14.4 Å². The second-order valence-electron chi connectivity index (χ2n) is 8.62. The van der Waals surface area contributed by atoms with E-state index in [1.54, 1.807) is 0 Å². The molecule has 0 aromatic heterocycles. The molecule has 1 aliphatic heterocycles. The lowest BCUT2D eigenvalue weighted by Crippen LogP contribution is -2.55. The molecule has 132 valence electrons. The molecule has 4 bridgehead atoms. The summed E-state index contributed by atoms with van der Waals surface area (Å²) in [7, 11) is 0. The van der Waals surface area contributed by atoms with Crippen molar-refractivity contribution >= 4 is 17.8 Å². The first-order valence-corrected chi connectivity index (χ1v) is 9.34. The standard InChI is InChI=1S/C18H27N3O3/c1-10(18-7-11-4-12(8-18)6-13(5-11)9-18)19-15(22)3-2-14-16(23)21-17(24)20-14/h10-14H,2-9H2,1H3,(H,19,22)(H2,20,21,23,24)/t10-,11?,12?,13?,14-,18?/m1/s1. The van der Waals surface area contributed by atoms with Gasteiger partial charge in [-0.1, -0.05) is 0 Å². The smallest absolute Gasteiger partial charge is 0.322 e. The van der Waals surface area contributed by atoms with Gasteiger partial charge >= 0.3 is 6.03 Å². The van der Waals surface area contributed by atoms with Crippen molar-refractivity contribution in [2.75, 3.05) is 0 Å². The third kappa shape index (κ3) is 2.80. The van der Waals surface area contributed by atoms with Crippen molar-refractivity contribution in [3.63, 3.8) is 0 Å². The van der Waals surface area contributed by atoms with Crippen LogP contribution in [-0.2, 0) is 9.59 Å². The Morgan fingerprint density at radius 3 is 2.25 bits per heavy atom. The van der Waals surface area contributed by atoms with Gasteiger partial charge in [-0.2, -0.15) is 0 Å². The highest BCUT2D eigenvalue weighted by Gasteiger charge is 2.53. The summed E-state index contributed by atoms with van der Waals surface area (Å²) in [5, 5.41) is 7.94. The van der Waals surface area contributed by atoms with Gasteiger partial charge in [0.05, 0.1) is 0 Å². The van der Waals surface area contributed by atoms with Gasteiger partial charge in [0, 0.05) is 12.5 Å². The summed E-state index contributed by atoms with van der Waals surface area (Å²) in [6.45, 7) is 2.16. The van der Waals surface area contributed by atoms with Crippen LogP contribution in [0.5, 0.6) is 0 Å². The molecule has 0 aromatic carbocycles. The van der Waals surface area contributed by atoms with E-state index in [0.29, 0.717) is 11.8 Å². The maximum Gasteiger partial charge on any atom is 0.322 e. The van der Waals surface area contributed by atoms with Crippen molar-refractivity contribution in [3.05, 3.63) is 0 Å². The van der Waals surface area contributed by atoms with Crippen LogP contribution in [0.4, 0.5) is 4.79 Å². The molecular weight excluding hydrogens is 306 g/mol. The quantitative estimate of drug-likeness (QED) is 0.669. The topological polar surface area (TPSA) is 87.3 Å². The molecule has 0 radical (unpaired) electrons. The van der Waals surface area contributed by atoms with Gasteiger partial charge in [0.15, 0.2) is 0 Å². The summed E-state index contributed by atoms with van der Waals surface area (Å²) >= 11 is 0. The number of nitrogens with one attached hydrogen (secondary N) is 3. The van der Waals surface area contributed by atoms with E-state index < -0.39 is 12.1 Å². The summed E-state index contributed by atoms with van der Waals surface area (Å²) in [5.41, 5.74) is 0.295. The first-order chi connectivity index (χ1) is 11.4. The van der Waals surface area contributed by atoms with Crippen LogP contribution in [0.2, 0.25) is 0 Å². The van der Waals surface area contributed by atoms with Gasteiger partial charge in [-0.3, -0.25) is 14.9 Å². The highest BCUT2D eigenvalue weighted by molar-refractivity contribution is 6.04. The Morgan fingerprint density at radius 1 is 1.17 bits per heavy atom. The third-order valence-electron chi connectivity index (χ3n) is 6.90. The van der Waals surface area contributed by atoms with Crippen molar-refractivity contribution in [2.45, 2.75) is 70.4 Å². The van der Waals surface area contributed by atoms with Crippen molar-refractivity contribution in [1.82, 2.24) is 16.0 Å². The number of amides is 4. The van der Waals surface area contributed by atoms with Gasteiger partial charge in [-0.25, -0.2) is 4.79 Å². The second kappa shape index (κ2) is 5.74. The summed E-state index contributed by atoms with van der Waals surface area (Å²) in [5.74, 6) is 2.27. The van der Waals surface area contributed by atoms with Gasteiger partial charge in [0.2, 0.25) is 5.91 Å². The molecule has 5 fully saturated rings. The molecular formula is C18H27N3O3. The van der Waals surface area contributed by atoms with Crippen LogP contribution in [0, 0.1) is 23.2 Å². The molecule has 4 aliphatic carbocycles. The fourth-order valence-electron chi connectivity index (χ4n) is 6.11. The molecule has 4 saturated carbocycles. The molecule has 2 atom stereocenters. The van der Waals surface area contributed by atoms with Crippen molar-refractivity contribution in [1.29, 1.82) is 0 Å². The van der Waals surface area contributed by atoms with E-state index in [1.807, 2.05) is 0 Å². The molecule has 6 nitrogen and oxygen atoms in total. The first-order valence-electron chi connectivity index (χ1n) is 9.34. The lowest BCUT2D eigenvalue weighted by molar-refractivity contribution is -0.126. The SMILES string of the molecule is C[C@@H](NC(=O)CC[C@H]1NC(=O)NC1=O)C12CC3CC(CC(C3)C1)C2. The van der Waals surface area contributed by atoms with Gasteiger partial charge in [0.25, 0.3) is 5.91 Å².